The van der Waals surface area contributed by atoms with Crippen molar-refractivity contribution in [2.24, 2.45) is 5.73 Å². The second-order valence-electron chi connectivity index (χ2n) is 4.97. The molecule has 1 unspecified atom stereocenters. The van der Waals surface area contributed by atoms with Crippen LogP contribution in [0.2, 0.25) is 0 Å². The third-order valence-electron chi connectivity index (χ3n) is 2.97. The number of ether oxygens (including phenoxy) is 1. The Kier molecular flexibility index (Phi) is 6.45. The molecule has 1 atom stereocenters. The van der Waals surface area contributed by atoms with Gasteiger partial charge in [-0.25, -0.2) is 8.42 Å². The van der Waals surface area contributed by atoms with Crippen molar-refractivity contribution in [1.29, 1.82) is 0 Å². The van der Waals surface area contributed by atoms with E-state index in [2.05, 4.69) is 0 Å². The molecule has 0 aliphatic carbocycles. The third-order valence-corrected chi connectivity index (χ3v) is 3.89. The Bertz CT molecular complexity index is 517. The summed E-state index contributed by atoms with van der Waals surface area (Å²) in [5, 5.41) is 0. The molecule has 20 heavy (non-hydrogen) atoms. The zero-order valence-electron chi connectivity index (χ0n) is 12.4. The topological polar surface area (TPSA) is 72.6 Å². The third kappa shape index (κ3) is 5.90. The molecule has 0 saturated carbocycles. The first-order valence-corrected chi connectivity index (χ1v) is 8.73. The molecule has 0 aliphatic heterocycles. The van der Waals surface area contributed by atoms with E-state index in [1.165, 1.54) is 6.26 Å². The van der Waals surface area contributed by atoms with Crippen LogP contribution in [0.5, 0.6) is 5.75 Å². The van der Waals surface area contributed by atoms with Gasteiger partial charge in [0.05, 0.1) is 12.4 Å². The summed E-state index contributed by atoms with van der Waals surface area (Å²) in [4.78, 5) is 1.93. The molecule has 0 radical (unpaired) electrons. The van der Waals surface area contributed by atoms with Crippen molar-refractivity contribution in [3.05, 3.63) is 29.8 Å². The Hall–Kier alpha value is -1.11. The lowest BCUT2D eigenvalue weighted by molar-refractivity contribution is 0.311. The highest BCUT2D eigenvalue weighted by molar-refractivity contribution is 7.90. The van der Waals surface area contributed by atoms with Crippen LogP contribution in [0.25, 0.3) is 0 Å². The molecule has 0 spiro atoms. The predicted molar refractivity (Wildman–Crippen MR) is 81.7 cm³/mol. The molecule has 0 bridgehead atoms. The van der Waals surface area contributed by atoms with E-state index in [9.17, 15) is 8.42 Å². The van der Waals surface area contributed by atoms with Crippen molar-refractivity contribution in [2.75, 3.05) is 38.8 Å². The molecule has 0 aliphatic rings. The van der Waals surface area contributed by atoms with Crippen molar-refractivity contribution >= 4 is 9.84 Å². The molecule has 0 heterocycles. The Balaban J connectivity index is 2.64. The molecule has 1 aromatic rings. The van der Waals surface area contributed by atoms with Crippen LogP contribution >= 0.6 is 0 Å². The van der Waals surface area contributed by atoms with Crippen molar-refractivity contribution in [2.45, 2.75) is 13.0 Å². The summed E-state index contributed by atoms with van der Waals surface area (Å²) in [6, 6.07) is 7.47. The number of sulfone groups is 1. The van der Waals surface area contributed by atoms with Gasteiger partial charge in [-0.2, -0.15) is 0 Å². The monoisotopic (exact) mass is 300 g/mol. The summed E-state index contributed by atoms with van der Waals surface area (Å²) in [6.45, 7) is 3.58. The minimum atomic E-state index is -2.94. The van der Waals surface area contributed by atoms with Crippen molar-refractivity contribution in [3.8, 4) is 5.75 Å². The lowest BCUT2D eigenvalue weighted by Crippen LogP contribution is -2.32. The van der Waals surface area contributed by atoms with Crippen LogP contribution in [0, 0.1) is 0 Å². The first-order chi connectivity index (χ1) is 9.33. The van der Waals surface area contributed by atoms with E-state index < -0.39 is 9.84 Å². The van der Waals surface area contributed by atoms with Crippen LogP contribution in [0.4, 0.5) is 0 Å². The minimum Gasteiger partial charge on any atom is -0.494 e. The summed E-state index contributed by atoms with van der Waals surface area (Å²) in [5.41, 5.74) is 7.14. The zero-order chi connectivity index (χ0) is 15.2. The van der Waals surface area contributed by atoms with Crippen molar-refractivity contribution < 1.29 is 13.2 Å². The number of benzene rings is 1. The van der Waals surface area contributed by atoms with Crippen LogP contribution in [0.3, 0.4) is 0 Å². The van der Waals surface area contributed by atoms with Gasteiger partial charge in [-0.05, 0) is 20.0 Å². The van der Waals surface area contributed by atoms with E-state index in [0.29, 0.717) is 19.7 Å². The normalized spacial score (nSPS) is 13.4. The number of hydrogen-bond donors (Lipinski definition) is 1. The second-order valence-corrected chi connectivity index (χ2v) is 7.23. The SMILES string of the molecule is CCOc1ccccc1C(N)CN(C)CCS(C)(=O)=O. The minimum absolute atomic E-state index is 0.142. The molecule has 0 amide bonds. The van der Waals surface area contributed by atoms with E-state index in [1.807, 2.05) is 43.1 Å². The lowest BCUT2D eigenvalue weighted by Gasteiger charge is -2.22. The maximum absolute atomic E-state index is 11.2. The summed E-state index contributed by atoms with van der Waals surface area (Å²) in [7, 11) is -1.07. The Morgan fingerprint density at radius 2 is 2.00 bits per heavy atom. The summed E-state index contributed by atoms with van der Waals surface area (Å²) in [6.07, 6.45) is 1.24. The Labute approximate surface area is 121 Å². The number of likely N-dealkylation sites (N-methyl/N-ethyl adjacent to an activating group) is 1. The quantitative estimate of drug-likeness (QED) is 0.777. The van der Waals surface area contributed by atoms with Crippen LogP contribution < -0.4 is 10.5 Å². The van der Waals surface area contributed by atoms with Crippen LogP contribution in [0.15, 0.2) is 24.3 Å². The van der Waals surface area contributed by atoms with Gasteiger partial charge < -0.3 is 15.4 Å². The zero-order valence-corrected chi connectivity index (χ0v) is 13.2. The van der Waals surface area contributed by atoms with Gasteiger partial charge in [0.25, 0.3) is 0 Å². The maximum Gasteiger partial charge on any atom is 0.148 e. The molecule has 5 nitrogen and oxygen atoms in total. The van der Waals surface area contributed by atoms with Gasteiger partial charge in [0.1, 0.15) is 15.6 Å². The Morgan fingerprint density at radius 1 is 1.35 bits per heavy atom. The molecule has 6 heteroatoms. The number of rotatable bonds is 8. The second kappa shape index (κ2) is 7.61. The molecule has 1 aromatic carbocycles. The van der Waals surface area contributed by atoms with Crippen molar-refractivity contribution in [3.63, 3.8) is 0 Å². The highest BCUT2D eigenvalue weighted by Gasteiger charge is 2.14. The van der Waals surface area contributed by atoms with Crippen LogP contribution in [-0.4, -0.2) is 52.1 Å². The molecule has 1 rings (SSSR count). The van der Waals surface area contributed by atoms with E-state index >= 15 is 0 Å². The smallest absolute Gasteiger partial charge is 0.148 e. The maximum atomic E-state index is 11.2. The lowest BCUT2D eigenvalue weighted by atomic mass is 10.1. The summed E-state index contributed by atoms with van der Waals surface area (Å²) in [5.74, 6) is 0.933. The van der Waals surface area contributed by atoms with Crippen molar-refractivity contribution in [1.82, 2.24) is 4.90 Å². The van der Waals surface area contributed by atoms with Gasteiger partial charge in [-0.3, -0.25) is 0 Å². The molecular formula is C14H24N2O3S. The molecular weight excluding hydrogens is 276 g/mol. The fourth-order valence-corrected chi connectivity index (χ4v) is 2.56. The number of hydrogen-bond acceptors (Lipinski definition) is 5. The molecule has 0 fully saturated rings. The van der Waals surface area contributed by atoms with Gasteiger partial charge in [0, 0.05) is 31.0 Å². The fourth-order valence-electron chi connectivity index (χ4n) is 1.92. The first-order valence-electron chi connectivity index (χ1n) is 6.67. The average Bonchev–Trinajstić information content (AvgIpc) is 2.36. The predicted octanol–water partition coefficient (Wildman–Crippen LogP) is 1.06. The standard InChI is InChI=1S/C14H24N2O3S/c1-4-19-14-8-6-5-7-12(14)13(15)11-16(2)9-10-20(3,17)18/h5-8,13H,4,9-11,15H2,1-3H3. The first kappa shape index (κ1) is 16.9. The summed E-state index contributed by atoms with van der Waals surface area (Å²) < 4.78 is 27.9. The van der Waals surface area contributed by atoms with Gasteiger partial charge in [0.2, 0.25) is 0 Å². The highest BCUT2D eigenvalue weighted by Crippen LogP contribution is 2.24. The number of para-hydroxylation sites is 1. The molecule has 0 saturated heterocycles. The largest absolute Gasteiger partial charge is 0.494 e. The van der Waals surface area contributed by atoms with Gasteiger partial charge in [-0.15, -0.1) is 0 Å². The number of nitrogens with zero attached hydrogens (tertiary/aromatic N) is 1. The van der Waals surface area contributed by atoms with Gasteiger partial charge in [-0.1, -0.05) is 18.2 Å². The van der Waals surface area contributed by atoms with E-state index in [4.69, 9.17) is 10.5 Å². The summed E-state index contributed by atoms with van der Waals surface area (Å²) >= 11 is 0. The molecule has 114 valence electrons. The number of nitrogens with two attached hydrogens (primary N) is 1. The van der Waals surface area contributed by atoms with E-state index in [-0.39, 0.29) is 11.8 Å². The molecule has 0 aromatic heterocycles. The van der Waals surface area contributed by atoms with Crippen LogP contribution in [-0.2, 0) is 9.84 Å². The average molecular weight is 300 g/mol. The van der Waals surface area contributed by atoms with Gasteiger partial charge in [0.15, 0.2) is 0 Å². The molecule has 2 N–H and O–H groups in total. The fraction of sp³-hybridized carbons (Fsp3) is 0.571. The van der Waals surface area contributed by atoms with Gasteiger partial charge >= 0.3 is 0 Å². The van der Waals surface area contributed by atoms with Crippen LogP contribution in [0.1, 0.15) is 18.5 Å². The van der Waals surface area contributed by atoms with E-state index in [1.54, 1.807) is 0 Å². The highest BCUT2D eigenvalue weighted by atomic mass is 32.2. The van der Waals surface area contributed by atoms with E-state index in [0.717, 1.165) is 11.3 Å². The Morgan fingerprint density at radius 3 is 2.60 bits per heavy atom.